The lowest BCUT2D eigenvalue weighted by molar-refractivity contribution is 0.687. The van der Waals surface area contributed by atoms with Crippen LogP contribution in [0.15, 0.2) is 82.2 Å². The van der Waals surface area contributed by atoms with Gasteiger partial charge in [-0.3, -0.25) is 0 Å². The third-order valence-electron chi connectivity index (χ3n) is 5.68. The summed E-state index contributed by atoms with van der Waals surface area (Å²) in [6.45, 7) is 17.6. The molecule has 0 saturated carbocycles. The third-order valence-corrected chi connectivity index (χ3v) is 7.88. The maximum Gasteiger partial charge on any atom is 0.0147 e. The predicted molar refractivity (Wildman–Crippen MR) is 156 cm³/mol. The lowest BCUT2D eigenvalue weighted by Gasteiger charge is -2.11. The molecule has 33 heavy (non-hydrogen) atoms. The van der Waals surface area contributed by atoms with E-state index in [0.29, 0.717) is 0 Å². The molecular weight excluding hydrogens is 437 g/mol. The number of hydrogen-bond acceptors (Lipinski definition) is 2. The molecule has 1 aromatic carbocycles. The molecule has 1 aromatic rings. The van der Waals surface area contributed by atoms with E-state index in [1.165, 1.54) is 56.5 Å². The van der Waals surface area contributed by atoms with E-state index in [2.05, 4.69) is 77.3 Å². The van der Waals surface area contributed by atoms with Crippen molar-refractivity contribution < 1.29 is 0 Å². The summed E-state index contributed by atoms with van der Waals surface area (Å²) in [5.41, 5.74) is 14.2. The van der Waals surface area contributed by atoms with Crippen LogP contribution in [0.2, 0.25) is 0 Å². The van der Waals surface area contributed by atoms with E-state index in [1.54, 1.807) is 11.8 Å². The summed E-state index contributed by atoms with van der Waals surface area (Å²) in [5.74, 6) is 0. The number of unbranched alkanes of at least 4 members (excludes halogenated alkanes) is 2. The molecule has 0 heterocycles. The Hall–Kier alpha value is -1.60. The highest BCUT2D eigenvalue weighted by Crippen LogP contribution is 2.39. The van der Waals surface area contributed by atoms with Gasteiger partial charge in [0.2, 0.25) is 0 Å². The number of allylic oxidation sites excluding steroid dienone is 9. The lowest BCUT2D eigenvalue weighted by atomic mass is 10.00. The molecule has 0 fully saturated rings. The van der Waals surface area contributed by atoms with Crippen molar-refractivity contribution >= 4 is 31.2 Å². The third kappa shape index (κ3) is 9.28. The minimum absolute atomic E-state index is 0.783. The fourth-order valence-corrected chi connectivity index (χ4v) is 5.90. The van der Waals surface area contributed by atoms with Gasteiger partial charge in [-0.25, -0.2) is 0 Å². The normalized spacial score (nSPS) is 15.0. The molecule has 0 aliphatic heterocycles. The summed E-state index contributed by atoms with van der Waals surface area (Å²) >= 11 is 1.80. The molecule has 0 saturated heterocycles. The first kappa shape index (κ1) is 27.6. The zero-order chi connectivity index (χ0) is 24.2. The van der Waals surface area contributed by atoms with Crippen molar-refractivity contribution in [1.82, 2.24) is 0 Å². The predicted octanol–water partition coefficient (Wildman–Crippen LogP) is 8.59. The van der Waals surface area contributed by atoms with Gasteiger partial charge in [0, 0.05) is 4.91 Å². The van der Waals surface area contributed by atoms with Gasteiger partial charge in [-0.2, -0.15) is 0 Å². The highest BCUT2D eigenvalue weighted by molar-refractivity contribution is 8.06. The van der Waals surface area contributed by atoms with Crippen molar-refractivity contribution in [2.75, 3.05) is 12.7 Å². The maximum absolute atomic E-state index is 5.73. The summed E-state index contributed by atoms with van der Waals surface area (Å²) in [6.07, 6.45) is 16.9. The molecule has 0 radical (unpaired) electrons. The number of aryl methyl sites for hydroxylation is 1. The van der Waals surface area contributed by atoms with Crippen molar-refractivity contribution in [2.45, 2.75) is 66.2 Å². The molecular formula is C30H42NPS. The largest absolute Gasteiger partial charge is 0.330 e. The highest BCUT2D eigenvalue weighted by Gasteiger charge is 2.18. The Labute approximate surface area is 208 Å². The van der Waals surface area contributed by atoms with E-state index >= 15 is 0 Å². The molecule has 0 aromatic heterocycles. The number of benzene rings is 1. The van der Waals surface area contributed by atoms with Gasteiger partial charge >= 0.3 is 0 Å². The van der Waals surface area contributed by atoms with Gasteiger partial charge in [0.05, 0.1) is 0 Å². The van der Waals surface area contributed by atoms with Crippen LogP contribution in [0.4, 0.5) is 0 Å². The van der Waals surface area contributed by atoms with Crippen LogP contribution in [0.25, 0.3) is 5.57 Å². The molecule has 1 atom stereocenters. The van der Waals surface area contributed by atoms with E-state index in [0.717, 1.165) is 51.9 Å². The second-order valence-electron chi connectivity index (χ2n) is 8.86. The van der Waals surface area contributed by atoms with Gasteiger partial charge < -0.3 is 5.73 Å². The van der Waals surface area contributed by atoms with Crippen LogP contribution in [0, 0.1) is 6.92 Å². The standard InChI is InChI=1S/C30H42NPS/c1-7-12-24(6)30(33-22(3)4)21-28-19-27(18-25(28)13-10-9-11-14-31)26-16-23(5)17-29(20-26)32-15-8-2/h8,12,16-18,20-21,32H,2-3,7,9-11,13-15,19,31H2,1,4-6H3/b24-12+,30-21-. The Balaban J connectivity index is 2.40. The molecule has 3 heteroatoms. The quantitative estimate of drug-likeness (QED) is 0.125. The van der Waals surface area contributed by atoms with Crippen LogP contribution in [-0.4, -0.2) is 12.7 Å². The SMILES string of the molecule is C=CCPc1cc(C)cc(C2=CC(CCCCCN)=C(/C=C(SC(=C)C)/C(C)=C/CC)C2)c1. The first-order valence-corrected chi connectivity index (χ1v) is 14.2. The van der Waals surface area contributed by atoms with Gasteiger partial charge in [0.25, 0.3) is 0 Å². The van der Waals surface area contributed by atoms with E-state index in [-0.39, 0.29) is 0 Å². The van der Waals surface area contributed by atoms with Gasteiger partial charge in [-0.15, -0.1) is 6.58 Å². The molecule has 178 valence electrons. The second kappa shape index (κ2) is 14.6. The van der Waals surface area contributed by atoms with E-state index in [4.69, 9.17) is 5.73 Å². The second-order valence-corrected chi connectivity index (χ2v) is 11.5. The average Bonchev–Trinajstić information content (AvgIpc) is 3.17. The van der Waals surface area contributed by atoms with Crippen LogP contribution in [-0.2, 0) is 0 Å². The molecule has 0 spiro atoms. The van der Waals surface area contributed by atoms with E-state index < -0.39 is 0 Å². The number of thioether (sulfide) groups is 1. The fraction of sp³-hybridized carbons (Fsp3) is 0.400. The molecule has 1 aliphatic carbocycles. The molecule has 0 bridgehead atoms. The molecule has 0 amide bonds. The van der Waals surface area contributed by atoms with Crippen LogP contribution < -0.4 is 11.0 Å². The van der Waals surface area contributed by atoms with Crippen molar-refractivity contribution in [3.8, 4) is 0 Å². The minimum atomic E-state index is 0.783. The molecule has 2 rings (SSSR count). The summed E-state index contributed by atoms with van der Waals surface area (Å²) in [5, 5.41) is 1.43. The van der Waals surface area contributed by atoms with Gasteiger partial charge in [0.15, 0.2) is 0 Å². The Morgan fingerprint density at radius 3 is 2.64 bits per heavy atom. The van der Waals surface area contributed by atoms with Crippen LogP contribution in [0.1, 0.15) is 70.4 Å². The van der Waals surface area contributed by atoms with Crippen LogP contribution >= 0.6 is 20.3 Å². The van der Waals surface area contributed by atoms with Crippen molar-refractivity contribution in [3.05, 3.63) is 93.3 Å². The topological polar surface area (TPSA) is 26.0 Å². The Kier molecular flexibility index (Phi) is 12.2. The first-order valence-electron chi connectivity index (χ1n) is 12.2. The summed E-state index contributed by atoms with van der Waals surface area (Å²) < 4.78 is 0. The molecule has 1 nitrogen and oxygen atoms in total. The highest BCUT2D eigenvalue weighted by atomic mass is 32.2. The molecule has 1 aliphatic rings. The van der Waals surface area contributed by atoms with Crippen LogP contribution in [0.3, 0.4) is 0 Å². The maximum atomic E-state index is 5.73. The monoisotopic (exact) mass is 479 g/mol. The number of nitrogens with two attached hydrogens (primary N) is 1. The van der Waals surface area contributed by atoms with Crippen molar-refractivity contribution in [3.63, 3.8) is 0 Å². The van der Waals surface area contributed by atoms with E-state index in [1.807, 2.05) is 6.08 Å². The smallest absolute Gasteiger partial charge is 0.0147 e. The Bertz CT molecular complexity index is 962. The minimum Gasteiger partial charge on any atom is -0.330 e. The number of rotatable bonds is 14. The summed E-state index contributed by atoms with van der Waals surface area (Å²) in [4.78, 5) is 2.46. The lowest BCUT2D eigenvalue weighted by Crippen LogP contribution is -1.99. The van der Waals surface area contributed by atoms with Crippen molar-refractivity contribution in [2.24, 2.45) is 5.73 Å². The molecule has 2 N–H and O–H groups in total. The van der Waals surface area contributed by atoms with Gasteiger partial charge in [0.1, 0.15) is 0 Å². The zero-order valence-corrected chi connectivity index (χ0v) is 22.9. The van der Waals surface area contributed by atoms with Gasteiger partial charge in [-0.1, -0.05) is 70.6 Å². The van der Waals surface area contributed by atoms with Crippen molar-refractivity contribution in [1.29, 1.82) is 0 Å². The Morgan fingerprint density at radius 2 is 1.97 bits per heavy atom. The van der Waals surface area contributed by atoms with Crippen LogP contribution in [0.5, 0.6) is 0 Å². The van der Waals surface area contributed by atoms with Gasteiger partial charge in [-0.05, 0) is 121 Å². The fourth-order valence-electron chi connectivity index (χ4n) is 4.11. The Morgan fingerprint density at radius 1 is 1.18 bits per heavy atom. The van der Waals surface area contributed by atoms with E-state index in [9.17, 15) is 0 Å². The summed E-state index contributed by atoms with van der Waals surface area (Å²) in [7, 11) is 0.787. The number of hydrogen-bond donors (Lipinski definition) is 1. The molecule has 1 unspecified atom stereocenters. The average molecular weight is 480 g/mol. The summed E-state index contributed by atoms with van der Waals surface area (Å²) in [6, 6.07) is 7.06. The zero-order valence-electron chi connectivity index (χ0n) is 21.1. The first-order chi connectivity index (χ1) is 15.9.